The van der Waals surface area contributed by atoms with Gasteiger partial charge in [0.1, 0.15) is 5.82 Å². The molecule has 31 heavy (non-hydrogen) atoms. The number of hydrogen-bond donors (Lipinski definition) is 2. The summed E-state index contributed by atoms with van der Waals surface area (Å²) in [5.74, 6) is -2.89. The predicted octanol–water partition coefficient (Wildman–Crippen LogP) is 3.08. The van der Waals surface area contributed by atoms with Crippen molar-refractivity contribution in [1.82, 2.24) is 25.2 Å². The first-order valence-electron chi connectivity index (χ1n) is 9.52. The van der Waals surface area contributed by atoms with E-state index in [1.807, 2.05) is 0 Å². The van der Waals surface area contributed by atoms with Crippen LogP contribution < -0.4 is 10.6 Å². The van der Waals surface area contributed by atoms with Crippen molar-refractivity contribution in [2.45, 2.75) is 30.4 Å². The molecule has 1 unspecified atom stereocenters. The molecule has 1 aromatic carbocycles. The Bertz CT molecular complexity index is 1220. The summed E-state index contributed by atoms with van der Waals surface area (Å²) in [6.07, 6.45) is -1.07. The van der Waals surface area contributed by atoms with Crippen LogP contribution >= 0.6 is 0 Å². The van der Waals surface area contributed by atoms with E-state index in [1.165, 1.54) is 16.8 Å². The molecule has 0 bridgehead atoms. The Hall–Kier alpha value is -3.50. The molecule has 3 amide bonds. The molecule has 3 heterocycles. The summed E-state index contributed by atoms with van der Waals surface area (Å²) in [7, 11) is 0. The first-order valence-corrected chi connectivity index (χ1v) is 9.52. The molecule has 0 radical (unpaired) electrons. The fraction of sp³-hybridized carbons (Fsp3) is 0.300. The van der Waals surface area contributed by atoms with Crippen molar-refractivity contribution in [2.75, 3.05) is 6.54 Å². The third-order valence-corrected chi connectivity index (χ3v) is 5.70. The van der Waals surface area contributed by atoms with E-state index in [0.29, 0.717) is 23.3 Å². The van der Waals surface area contributed by atoms with E-state index >= 15 is 0 Å². The second-order valence-corrected chi connectivity index (χ2v) is 7.66. The number of halogens is 4. The average Bonchev–Trinajstić information content (AvgIpc) is 3.35. The van der Waals surface area contributed by atoms with Gasteiger partial charge >= 0.3 is 12.2 Å². The Kier molecular flexibility index (Phi) is 4.24. The Morgan fingerprint density at radius 2 is 1.94 bits per heavy atom. The van der Waals surface area contributed by atoms with Gasteiger partial charge in [-0.25, -0.2) is 18.7 Å². The number of urea groups is 1. The number of nitrogens with zero attached hydrogens (tertiary/aromatic N) is 3. The molecule has 2 aromatic heterocycles. The molecule has 1 saturated carbocycles. The summed E-state index contributed by atoms with van der Waals surface area (Å²) in [4.78, 5) is 27.9. The van der Waals surface area contributed by atoms with Gasteiger partial charge in [-0.1, -0.05) is 6.07 Å². The molecule has 0 spiro atoms. The monoisotopic (exact) mass is 433 g/mol. The van der Waals surface area contributed by atoms with Gasteiger partial charge < -0.3 is 5.32 Å². The molecule has 2 fully saturated rings. The summed E-state index contributed by atoms with van der Waals surface area (Å²) in [6.45, 7) is 0.0817. The van der Waals surface area contributed by atoms with Gasteiger partial charge in [-0.2, -0.15) is 18.3 Å². The predicted molar refractivity (Wildman–Crippen MR) is 98.8 cm³/mol. The fourth-order valence-corrected chi connectivity index (χ4v) is 4.07. The van der Waals surface area contributed by atoms with Crippen LogP contribution in [0.4, 0.5) is 22.4 Å². The van der Waals surface area contributed by atoms with Gasteiger partial charge in [-0.05, 0) is 42.0 Å². The van der Waals surface area contributed by atoms with Crippen LogP contribution in [0.25, 0.3) is 5.65 Å². The number of imide groups is 1. The summed E-state index contributed by atoms with van der Waals surface area (Å²) in [5, 5.41) is 9.15. The Morgan fingerprint density at radius 1 is 1.13 bits per heavy atom. The smallest absolute Gasteiger partial charge is 0.337 e. The maximum absolute atomic E-state index is 13.6. The van der Waals surface area contributed by atoms with Crippen molar-refractivity contribution in [3.05, 3.63) is 64.9 Å². The molecule has 1 saturated heterocycles. The zero-order valence-electron chi connectivity index (χ0n) is 15.8. The summed E-state index contributed by atoms with van der Waals surface area (Å²) in [5.41, 5.74) is 0.798. The van der Waals surface area contributed by atoms with Crippen LogP contribution in [-0.4, -0.2) is 33.1 Å². The maximum atomic E-state index is 13.6. The first-order chi connectivity index (χ1) is 14.7. The van der Waals surface area contributed by atoms with Gasteiger partial charge in [-0.3, -0.25) is 10.1 Å². The minimum absolute atomic E-state index is 0.0817. The number of rotatable bonds is 3. The molecule has 1 aliphatic heterocycles. The number of alkyl halides is 3. The van der Waals surface area contributed by atoms with Crippen LogP contribution in [0.15, 0.2) is 36.7 Å². The van der Waals surface area contributed by atoms with Gasteiger partial charge in [0, 0.05) is 24.5 Å². The van der Waals surface area contributed by atoms with E-state index < -0.39 is 35.4 Å². The van der Waals surface area contributed by atoms with Gasteiger partial charge in [0.25, 0.3) is 0 Å². The fourth-order valence-electron chi connectivity index (χ4n) is 4.07. The number of nitrogens with one attached hydrogen (secondary N) is 2. The van der Waals surface area contributed by atoms with Crippen molar-refractivity contribution < 1.29 is 27.2 Å². The summed E-state index contributed by atoms with van der Waals surface area (Å²) in [6, 6.07) is 4.19. The van der Waals surface area contributed by atoms with Gasteiger partial charge in [0.05, 0.1) is 17.2 Å². The summed E-state index contributed by atoms with van der Waals surface area (Å²) < 4.78 is 54.4. The third-order valence-electron chi connectivity index (χ3n) is 5.70. The highest BCUT2D eigenvalue weighted by atomic mass is 19.4. The topological polar surface area (TPSA) is 88.4 Å². The molecular formula is C20H15F4N5O2. The van der Waals surface area contributed by atoms with E-state index in [1.54, 1.807) is 12.3 Å². The zero-order valence-corrected chi connectivity index (χ0v) is 15.8. The minimum atomic E-state index is -4.77. The normalized spacial score (nSPS) is 23.5. The van der Waals surface area contributed by atoms with Crippen LogP contribution in [0.1, 0.15) is 46.6 Å². The molecule has 3 aromatic rings. The van der Waals surface area contributed by atoms with Crippen LogP contribution in [0.2, 0.25) is 0 Å². The zero-order chi connectivity index (χ0) is 21.9. The summed E-state index contributed by atoms with van der Waals surface area (Å²) >= 11 is 0. The highest BCUT2D eigenvalue weighted by molar-refractivity contribution is 6.00. The average molecular weight is 433 g/mol. The molecule has 3 atom stereocenters. The van der Waals surface area contributed by atoms with Crippen LogP contribution in [0.3, 0.4) is 0 Å². The molecule has 11 heteroatoms. The number of imidazole rings is 1. The molecule has 5 rings (SSSR count). The number of carbonyl (C=O) groups excluding carboxylic acids is 2. The SMILES string of the molecule is O=C1NCC(c2cc([C@@H]3C[C@H]3c3ccc(F)c(C(F)(F)F)c3)c3nccn3n2)C(=O)N1. The lowest BCUT2D eigenvalue weighted by atomic mass is 9.98. The number of amides is 3. The first kappa shape index (κ1) is 19.5. The second-order valence-electron chi connectivity index (χ2n) is 7.66. The van der Waals surface area contributed by atoms with Crippen molar-refractivity contribution >= 4 is 17.6 Å². The van der Waals surface area contributed by atoms with Gasteiger partial charge in [-0.15, -0.1) is 0 Å². The Balaban J connectivity index is 1.50. The van der Waals surface area contributed by atoms with Gasteiger partial charge in [0.2, 0.25) is 5.91 Å². The van der Waals surface area contributed by atoms with Crippen LogP contribution in [0.5, 0.6) is 0 Å². The Morgan fingerprint density at radius 3 is 2.68 bits per heavy atom. The van der Waals surface area contributed by atoms with Crippen molar-refractivity contribution in [2.24, 2.45) is 0 Å². The van der Waals surface area contributed by atoms with Gasteiger partial charge in [0.15, 0.2) is 5.65 Å². The number of aromatic nitrogens is 3. The van der Waals surface area contributed by atoms with Crippen LogP contribution in [-0.2, 0) is 11.0 Å². The molecular weight excluding hydrogens is 418 g/mol. The van der Waals surface area contributed by atoms with E-state index in [0.717, 1.165) is 17.7 Å². The lowest BCUT2D eigenvalue weighted by Crippen LogP contribution is -2.51. The van der Waals surface area contributed by atoms with Crippen molar-refractivity contribution in [1.29, 1.82) is 0 Å². The standard InChI is InChI=1S/C20H15F4N5O2/c21-15-2-1-9(5-14(15)20(22,23)24)10-6-11(10)12-7-16(28-29-4-3-25-17(12)29)13-8-26-19(31)27-18(13)30/h1-5,7,10-11,13H,6,8H2,(H2,26,27,30,31)/t10-,11+,13?/m0/s1. The number of hydrogen-bond acceptors (Lipinski definition) is 4. The highest BCUT2D eigenvalue weighted by Crippen LogP contribution is 2.56. The third kappa shape index (κ3) is 3.39. The molecule has 160 valence electrons. The van der Waals surface area contributed by atoms with Crippen molar-refractivity contribution in [3.8, 4) is 0 Å². The van der Waals surface area contributed by atoms with Crippen molar-refractivity contribution in [3.63, 3.8) is 0 Å². The number of carbonyl (C=O) groups is 2. The number of benzene rings is 1. The Labute approximate surface area is 172 Å². The lowest BCUT2D eigenvalue weighted by molar-refractivity contribution is -0.140. The molecule has 7 nitrogen and oxygen atoms in total. The van der Waals surface area contributed by atoms with E-state index in [9.17, 15) is 27.2 Å². The largest absolute Gasteiger partial charge is 0.419 e. The van der Waals surface area contributed by atoms with E-state index in [4.69, 9.17) is 0 Å². The molecule has 2 N–H and O–H groups in total. The maximum Gasteiger partial charge on any atom is 0.419 e. The highest BCUT2D eigenvalue weighted by Gasteiger charge is 2.43. The second kappa shape index (κ2) is 6.76. The van der Waals surface area contributed by atoms with E-state index in [2.05, 4.69) is 20.7 Å². The van der Waals surface area contributed by atoms with Crippen LogP contribution in [0, 0.1) is 5.82 Å². The quantitative estimate of drug-likeness (QED) is 0.622. The molecule has 1 aliphatic carbocycles. The van der Waals surface area contributed by atoms with E-state index in [-0.39, 0.29) is 18.4 Å². The lowest BCUT2D eigenvalue weighted by Gasteiger charge is -2.22. The number of fused-ring (bicyclic) bond motifs is 1. The minimum Gasteiger partial charge on any atom is -0.337 e. The molecule has 2 aliphatic rings.